The molecular weight excluding hydrogens is 344 g/mol. The highest BCUT2D eigenvalue weighted by atomic mass is 79.9. The van der Waals surface area contributed by atoms with Gasteiger partial charge >= 0.3 is 0 Å². The predicted molar refractivity (Wildman–Crippen MR) is 92.0 cm³/mol. The van der Waals surface area contributed by atoms with Crippen molar-refractivity contribution in [3.05, 3.63) is 27.7 Å². The van der Waals surface area contributed by atoms with Crippen LogP contribution >= 0.6 is 39.7 Å². The lowest BCUT2D eigenvalue weighted by molar-refractivity contribution is 0.356. The van der Waals surface area contributed by atoms with Crippen molar-refractivity contribution in [2.75, 3.05) is 5.32 Å². The van der Waals surface area contributed by atoms with Crippen LogP contribution in [0, 0.1) is 11.8 Å². The summed E-state index contributed by atoms with van der Waals surface area (Å²) in [5.41, 5.74) is 0.886. The van der Waals surface area contributed by atoms with Gasteiger partial charge in [-0.2, -0.15) is 0 Å². The molecule has 0 heterocycles. The molecule has 0 atom stereocenters. The van der Waals surface area contributed by atoms with Gasteiger partial charge in [-0.1, -0.05) is 39.3 Å². The Morgan fingerprint density at radius 1 is 1.21 bits per heavy atom. The molecule has 0 saturated carbocycles. The van der Waals surface area contributed by atoms with Crippen LogP contribution in [0.3, 0.4) is 0 Å². The first kappa shape index (κ1) is 16.7. The zero-order valence-electron chi connectivity index (χ0n) is 11.6. The van der Waals surface area contributed by atoms with Gasteiger partial charge < -0.3 is 10.6 Å². The molecular formula is C14H20BrClN2S. The molecule has 0 aliphatic rings. The van der Waals surface area contributed by atoms with Crippen LogP contribution < -0.4 is 10.6 Å². The molecule has 19 heavy (non-hydrogen) atoms. The lowest BCUT2D eigenvalue weighted by Gasteiger charge is -2.27. The fourth-order valence-electron chi connectivity index (χ4n) is 2.00. The average molecular weight is 364 g/mol. The molecule has 1 rings (SSSR count). The van der Waals surface area contributed by atoms with Gasteiger partial charge in [0.05, 0.1) is 5.02 Å². The Labute approximate surface area is 134 Å². The smallest absolute Gasteiger partial charge is 0.171 e. The number of anilines is 1. The first-order valence-corrected chi connectivity index (χ1v) is 7.91. The number of benzene rings is 1. The van der Waals surface area contributed by atoms with Crippen LogP contribution in [-0.2, 0) is 0 Å². The van der Waals surface area contributed by atoms with Crippen LogP contribution in [0.5, 0.6) is 0 Å². The Morgan fingerprint density at radius 2 is 1.79 bits per heavy atom. The number of nitrogens with one attached hydrogen (secondary N) is 2. The quantitative estimate of drug-likeness (QED) is 0.730. The number of rotatable bonds is 4. The van der Waals surface area contributed by atoms with Gasteiger partial charge in [0.15, 0.2) is 5.11 Å². The zero-order valence-corrected chi connectivity index (χ0v) is 14.8. The Kier molecular flexibility index (Phi) is 6.57. The lowest BCUT2D eigenvalue weighted by Crippen LogP contribution is -2.44. The lowest BCUT2D eigenvalue weighted by atomic mass is 9.93. The van der Waals surface area contributed by atoms with E-state index in [1.54, 1.807) is 0 Å². The third-order valence-corrected chi connectivity index (χ3v) is 4.36. The van der Waals surface area contributed by atoms with E-state index in [4.69, 9.17) is 23.8 Å². The maximum atomic E-state index is 6.05. The molecule has 0 aromatic heterocycles. The van der Waals surface area contributed by atoms with Crippen molar-refractivity contribution in [1.29, 1.82) is 0 Å². The van der Waals surface area contributed by atoms with Crippen molar-refractivity contribution < 1.29 is 0 Å². The van der Waals surface area contributed by atoms with Crippen LogP contribution in [0.15, 0.2) is 22.7 Å². The maximum Gasteiger partial charge on any atom is 0.171 e. The van der Waals surface area contributed by atoms with Crippen LogP contribution in [-0.4, -0.2) is 11.2 Å². The topological polar surface area (TPSA) is 24.1 Å². The van der Waals surface area contributed by atoms with Crippen molar-refractivity contribution in [3.8, 4) is 0 Å². The summed E-state index contributed by atoms with van der Waals surface area (Å²) in [7, 11) is 0. The molecule has 0 bridgehead atoms. The molecule has 5 heteroatoms. The van der Waals surface area contributed by atoms with Crippen molar-refractivity contribution in [3.63, 3.8) is 0 Å². The number of halogens is 2. The molecule has 106 valence electrons. The van der Waals surface area contributed by atoms with E-state index in [1.807, 2.05) is 18.2 Å². The Hall–Kier alpha value is -0.320. The summed E-state index contributed by atoms with van der Waals surface area (Å²) in [6, 6.07) is 6.03. The van der Waals surface area contributed by atoms with Gasteiger partial charge in [0, 0.05) is 16.2 Å². The summed E-state index contributed by atoms with van der Waals surface area (Å²) >= 11 is 14.8. The van der Waals surface area contributed by atoms with Gasteiger partial charge in [-0.15, -0.1) is 0 Å². The predicted octanol–water partition coefficient (Wildman–Crippen LogP) is 5.07. The van der Waals surface area contributed by atoms with Gasteiger partial charge in [0.25, 0.3) is 0 Å². The molecule has 0 aliphatic heterocycles. The van der Waals surface area contributed by atoms with E-state index in [0.717, 1.165) is 10.2 Å². The molecule has 2 N–H and O–H groups in total. The Balaban J connectivity index is 2.66. The molecule has 0 saturated heterocycles. The first-order valence-electron chi connectivity index (χ1n) is 6.33. The van der Waals surface area contributed by atoms with Crippen molar-refractivity contribution >= 4 is 50.5 Å². The van der Waals surface area contributed by atoms with Crippen molar-refractivity contribution in [1.82, 2.24) is 5.32 Å². The van der Waals surface area contributed by atoms with Crippen LogP contribution in [0.25, 0.3) is 0 Å². The third-order valence-electron chi connectivity index (χ3n) is 2.91. The summed E-state index contributed by atoms with van der Waals surface area (Å²) in [4.78, 5) is 0. The Bertz CT molecular complexity index is 441. The number of hydrogen-bond acceptors (Lipinski definition) is 1. The van der Waals surface area contributed by atoms with Gasteiger partial charge in [-0.3, -0.25) is 0 Å². The molecule has 0 radical (unpaired) electrons. The van der Waals surface area contributed by atoms with E-state index >= 15 is 0 Å². The third kappa shape index (κ3) is 5.28. The minimum Gasteiger partial charge on any atom is -0.359 e. The normalized spacial score (nSPS) is 11.2. The van der Waals surface area contributed by atoms with E-state index in [1.165, 1.54) is 0 Å². The average Bonchev–Trinajstić information content (AvgIpc) is 2.30. The van der Waals surface area contributed by atoms with E-state index in [0.29, 0.717) is 28.0 Å². The molecule has 0 fully saturated rings. The number of thiocarbonyl (C=S) groups is 1. The van der Waals surface area contributed by atoms with Crippen LogP contribution in [0.4, 0.5) is 5.69 Å². The highest BCUT2D eigenvalue weighted by Crippen LogP contribution is 2.25. The molecule has 0 aliphatic carbocycles. The standard InChI is InChI=1S/C14H20BrClN2S/c1-8(2)13(9(3)4)18-14(19)17-10-5-6-11(15)12(16)7-10/h5-9,13H,1-4H3,(H2,17,18,19). The molecule has 1 aromatic rings. The molecule has 0 spiro atoms. The second-order valence-corrected chi connectivity index (χ2v) is 6.91. The van der Waals surface area contributed by atoms with Crippen LogP contribution in [0.1, 0.15) is 27.7 Å². The minimum absolute atomic E-state index is 0.353. The Morgan fingerprint density at radius 3 is 2.26 bits per heavy atom. The summed E-state index contributed by atoms with van der Waals surface area (Å²) in [5, 5.41) is 7.82. The fraction of sp³-hybridized carbons (Fsp3) is 0.500. The van der Waals surface area contributed by atoms with Gasteiger partial charge in [-0.05, 0) is 58.2 Å². The van der Waals surface area contributed by atoms with Gasteiger partial charge in [-0.25, -0.2) is 0 Å². The van der Waals surface area contributed by atoms with E-state index in [-0.39, 0.29) is 0 Å². The zero-order chi connectivity index (χ0) is 14.6. The van der Waals surface area contributed by atoms with Gasteiger partial charge in [0.2, 0.25) is 0 Å². The first-order chi connectivity index (χ1) is 8.81. The summed E-state index contributed by atoms with van der Waals surface area (Å²) < 4.78 is 0.876. The van der Waals surface area contributed by atoms with E-state index in [2.05, 4.69) is 54.3 Å². The van der Waals surface area contributed by atoms with E-state index < -0.39 is 0 Å². The monoisotopic (exact) mass is 362 g/mol. The van der Waals surface area contributed by atoms with Crippen LogP contribution in [0.2, 0.25) is 5.02 Å². The molecule has 2 nitrogen and oxygen atoms in total. The van der Waals surface area contributed by atoms with E-state index in [9.17, 15) is 0 Å². The minimum atomic E-state index is 0.353. The van der Waals surface area contributed by atoms with Gasteiger partial charge in [0.1, 0.15) is 0 Å². The highest BCUT2D eigenvalue weighted by Gasteiger charge is 2.18. The maximum absolute atomic E-state index is 6.05. The fourth-order valence-corrected chi connectivity index (χ4v) is 2.68. The second-order valence-electron chi connectivity index (χ2n) is 5.24. The SMILES string of the molecule is CC(C)C(NC(=S)Nc1ccc(Br)c(Cl)c1)C(C)C. The molecule has 1 aromatic carbocycles. The van der Waals surface area contributed by atoms with Crippen molar-refractivity contribution in [2.24, 2.45) is 11.8 Å². The molecule has 0 unspecified atom stereocenters. The summed E-state index contributed by atoms with van der Waals surface area (Å²) in [6.07, 6.45) is 0. The van der Waals surface area contributed by atoms with Crippen molar-refractivity contribution in [2.45, 2.75) is 33.7 Å². The molecule has 0 amide bonds. The highest BCUT2D eigenvalue weighted by molar-refractivity contribution is 9.10. The summed E-state index contributed by atoms with van der Waals surface area (Å²) in [6.45, 7) is 8.76. The summed E-state index contributed by atoms with van der Waals surface area (Å²) in [5.74, 6) is 1.04. The second kappa shape index (κ2) is 7.46. The number of hydrogen-bond donors (Lipinski definition) is 2. The largest absolute Gasteiger partial charge is 0.359 e.